The first-order valence-electron chi connectivity index (χ1n) is 6.29. The van der Waals surface area contributed by atoms with Gasteiger partial charge in [0.05, 0.1) is 0 Å². The second-order valence-corrected chi connectivity index (χ2v) is 5.33. The fraction of sp³-hybridized carbons (Fsp3) is 0.600. The van der Waals surface area contributed by atoms with E-state index >= 15 is 0 Å². The molecule has 1 rings (SSSR count). The summed E-state index contributed by atoms with van der Waals surface area (Å²) in [7, 11) is 4.30. The molecule has 0 N–H and O–H groups in total. The first-order valence-corrected chi connectivity index (χ1v) is 6.29. The van der Waals surface area contributed by atoms with Crippen molar-refractivity contribution in [1.82, 2.24) is 4.90 Å². The van der Waals surface area contributed by atoms with Crippen LogP contribution in [-0.2, 0) is 0 Å². The fourth-order valence-electron chi connectivity index (χ4n) is 2.13. The molecule has 0 spiro atoms. The molecule has 16 heavy (non-hydrogen) atoms. The van der Waals surface area contributed by atoms with Gasteiger partial charge in [-0.25, -0.2) is 0 Å². The second kappa shape index (κ2) is 6.70. The Labute approximate surface area is 100 Å². The number of benzene rings is 1. The Morgan fingerprint density at radius 3 is 2.19 bits per heavy atom. The largest absolute Gasteiger partial charge is 0.309 e. The molecule has 90 valence electrons. The zero-order valence-electron chi connectivity index (χ0n) is 11.1. The van der Waals surface area contributed by atoms with E-state index < -0.39 is 0 Å². The Morgan fingerprint density at radius 1 is 1.06 bits per heavy atom. The van der Waals surface area contributed by atoms with E-state index in [1.165, 1.54) is 24.9 Å². The molecule has 0 aliphatic carbocycles. The fourth-order valence-corrected chi connectivity index (χ4v) is 2.13. The molecule has 0 aromatic heterocycles. The molecule has 0 radical (unpaired) electrons. The van der Waals surface area contributed by atoms with Crippen LogP contribution in [0, 0.1) is 5.92 Å². The van der Waals surface area contributed by atoms with Crippen molar-refractivity contribution in [2.75, 3.05) is 20.6 Å². The van der Waals surface area contributed by atoms with Crippen LogP contribution >= 0.6 is 0 Å². The molecule has 1 unspecified atom stereocenters. The molecule has 0 bridgehead atoms. The maximum absolute atomic E-state index is 2.31. The van der Waals surface area contributed by atoms with Crippen LogP contribution in [-0.4, -0.2) is 25.5 Å². The summed E-state index contributed by atoms with van der Waals surface area (Å²) in [4.78, 5) is 2.27. The quantitative estimate of drug-likeness (QED) is 0.704. The van der Waals surface area contributed by atoms with Gasteiger partial charge in [-0.15, -0.1) is 0 Å². The van der Waals surface area contributed by atoms with E-state index in [-0.39, 0.29) is 0 Å². The van der Waals surface area contributed by atoms with Gasteiger partial charge < -0.3 is 4.90 Å². The van der Waals surface area contributed by atoms with Gasteiger partial charge in [-0.2, -0.15) is 0 Å². The smallest absolute Gasteiger partial charge is 0.00190 e. The Bertz CT molecular complexity index is 277. The molecule has 1 aromatic carbocycles. The zero-order chi connectivity index (χ0) is 12.0. The monoisotopic (exact) mass is 219 g/mol. The molecule has 1 heteroatoms. The maximum Gasteiger partial charge on any atom is -0.00190 e. The van der Waals surface area contributed by atoms with Crippen LogP contribution in [0.25, 0.3) is 0 Å². The minimum Gasteiger partial charge on any atom is -0.309 e. The van der Waals surface area contributed by atoms with E-state index in [1.54, 1.807) is 0 Å². The summed E-state index contributed by atoms with van der Waals surface area (Å²) in [6.45, 7) is 5.80. The van der Waals surface area contributed by atoms with E-state index in [0.29, 0.717) is 5.92 Å². The van der Waals surface area contributed by atoms with Crippen molar-refractivity contribution in [3.8, 4) is 0 Å². The van der Waals surface area contributed by atoms with Gasteiger partial charge in [-0.3, -0.25) is 0 Å². The maximum atomic E-state index is 2.31. The molecule has 1 aromatic rings. The van der Waals surface area contributed by atoms with Crippen LogP contribution in [0.15, 0.2) is 30.3 Å². The van der Waals surface area contributed by atoms with Crippen molar-refractivity contribution in [2.45, 2.75) is 32.6 Å². The van der Waals surface area contributed by atoms with E-state index in [2.05, 4.69) is 63.2 Å². The Hall–Kier alpha value is -0.820. The lowest BCUT2D eigenvalue weighted by Crippen LogP contribution is -2.16. The molecule has 1 atom stereocenters. The molecule has 0 amide bonds. The van der Waals surface area contributed by atoms with Crippen molar-refractivity contribution in [1.29, 1.82) is 0 Å². The normalized spacial score (nSPS) is 13.4. The minimum atomic E-state index is 0.712. The van der Waals surface area contributed by atoms with Crippen molar-refractivity contribution in [3.05, 3.63) is 35.9 Å². The van der Waals surface area contributed by atoms with Gasteiger partial charge in [0.2, 0.25) is 0 Å². The van der Waals surface area contributed by atoms with Crippen LogP contribution < -0.4 is 0 Å². The lowest BCUT2D eigenvalue weighted by Gasteiger charge is -2.21. The Balaban J connectivity index is 2.64. The van der Waals surface area contributed by atoms with Crippen molar-refractivity contribution < 1.29 is 0 Å². The average Bonchev–Trinajstić information content (AvgIpc) is 2.25. The predicted octanol–water partition coefficient (Wildman–Crippen LogP) is 3.77. The summed E-state index contributed by atoms with van der Waals surface area (Å²) in [5.74, 6) is 1.48. The van der Waals surface area contributed by atoms with Crippen LogP contribution in [0.3, 0.4) is 0 Å². The molecular formula is C15H25N. The highest BCUT2D eigenvalue weighted by atomic mass is 15.0. The van der Waals surface area contributed by atoms with Gasteiger partial charge in [-0.1, -0.05) is 44.2 Å². The molecule has 0 aliphatic heterocycles. The first kappa shape index (κ1) is 13.2. The SMILES string of the molecule is CC(C)CC(CCN(C)C)c1ccccc1. The zero-order valence-corrected chi connectivity index (χ0v) is 11.1. The topological polar surface area (TPSA) is 3.24 Å². The highest BCUT2D eigenvalue weighted by Gasteiger charge is 2.13. The molecule has 1 nitrogen and oxygen atoms in total. The van der Waals surface area contributed by atoms with Gasteiger partial charge in [0, 0.05) is 0 Å². The van der Waals surface area contributed by atoms with Crippen molar-refractivity contribution in [3.63, 3.8) is 0 Å². The third kappa shape index (κ3) is 4.80. The molecule has 0 saturated heterocycles. The summed E-state index contributed by atoms with van der Waals surface area (Å²) >= 11 is 0. The highest BCUT2D eigenvalue weighted by molar-refractivity contribution is 5.19. The molecule has 0 aliphatic rings. The number of hydrogen-bond acceptors (Lipinski definition) is 1. The number of nitrogens with zero attached hydrogens (tertiary/aromatic N) is 1. The predicted molar refractivity (Wildman–Crippen MR) is 71.8 cm³/mol. The Morgan fingerprint density at radius 2 is 1.69 bits per heavy atom. The third-order valence-electron chi connectivity index (χ3n) is 2.95. The van der Waals surface area contributed by atoms with Crippen molar-refractivity contribution >= 4 is 0 Å². The number of hydrogen-bond donors (Lipinski definition) is 0. The first-order chi connectivity index (χ1) is 7.59. The lowest BCUT2D eigenvalue weighted by atomic mass is 9.88. The highest BCUT2D eigenvalue weighted by Crippen LogP contribution is 2.26. The van der Waals surface area contributed by atoms with Crippen LogP contribution in [0.1, 0.15) is 38.2 Å². The van der Waals surface area contributed by atoms with Crippen LogP contribution in [0.5, 0.6) is 0 Å². The number of rotatable bonds is 6. The third-order valence-corrected chi connectivity index (χ3v) is 2.95. The molecule has 0 saturated carbocycles. The van der Waals surface area contributed by atoms with Gasteiger partial charge >= 0.3 is 0 Å². The van der Waals surface area contributed by atoms with Crippen molar-refractivity contribution in [2.24, 2.45) is 5.92 Å². The summed E-state index contributed by atoms with van der Waals surface area (Å²) in [5.41, 5.74) is 1.50. The standard InChI is InChI=1S/C15H25N/c1-13(2)12-15(10-11-16(3)4)14-8-6-5-7-9-14/h5-9,13,15H,10-12H2,1-4H3. The Kier molecular flexibility index (Phi) is 5.54. The average molecular weight is 219 g/mol. The van der Waals surface area contributed by atoms with E-state index in [9.17, 15) is 0 Å². The molecule has 0 heterocycles. The van der Waals surface area contributed by atoms with E-state index in [4.69, 9.17) is 0 Å². The van der Waals surface area contributed by atoms with Gasteiger partial charge in [0.1, 0.15) is 0 Å². The van der Waals surface area contributed by atoms with E-state index in [1.807, 2.05) is 0 Å². The lowest BCUT2D eigenvalue weighted by molar-refractivity contribution is 0.361. The van der Waals surface area contributed by atoms with Gasteiger partial charge in [0.25, 0.3) is 0 Å². The van der Waals surface area contributed by atoms with Crippen LogP contribution in [0.4, 0.5) is 0 Å². The van der Waals surface area contributed by atoms with Crippen LogP contribution in [0.2, 0.25) is 0 Å². The minimum absolute atomic E-state index is 0.712. The summed E-state index contributed by atoms with van der Waals surface area (Å²) in [6.07, 6.45) is 2.55. The summed E-state index contributed by atoms with van der Waals surface area (Å²) in [5, 5.41) is 0. The second-order valence-electron chi connectivity index (χ2n) is 5.33. The molecule has 0 fully saturated rings. The van der Waals surface area contributed by atoms with Gasteiger partial charge in [-0.05, 0) is 50.9 Å². The summed E-state index contributed by atoms with van der Waals surface area (Å²) in [6, 6.07) is 10.9. The van der Waals surface area contributed by atoms with Gasteiger partial charge in [0.15, 0.2) is 0 Å². The van der Waals surface area contributed by atoms with E-state index in [0.717, 1.165) is 5.92 Å². The molecular weight excluding hydrogens is 194 g/mol. The summed E-state index contributed by atoms with van der Waals surface area (Å²) < 4.78 is 0.